The second-order valence-electron chi connectivity index (χ2n) is 14.0. The van der Waals surface area contributed by atoms with E-state index in [4.69, 9.17) is 4.94 Å². The van der Waals surface area contributed by atoms with Crippen molar-refractivity contribution in [3.05, 3.63) is 22.2 Å². The smallest absolute Gasteiger partial charge is 0.303 e. The third-order valence-corrected chi connectivity index (χ3v) is 12.3. The number of anilines is 3. The van der Waals surface area contributed by atoms with Gasteiger partial charge in [0.15, 0.2) is 5.69 Å². The number of aliphatic hydroxyl groups is 1. The van der Waals surface area contributed by atoms with Crippen LogP contribution in [0.2, 0.25) is 0 Å². The number of carboxylic acid groups (broad SMARTS) is 1. The van der Waals surface area contributed by atoms with Gasteiger partial charge in [-0.15, -0.1) is 0 Å². The van der Waals surface area contributed by atoms with Crippen molar-refractivity contribution in [2.75, 3.05) is 16.3 Å². The Kier molecular flexibility index (Phi) is 6.93. The lowest BCUT2D eigenvalue weighted by atomic mass is 9.43. The van der Waals surface area contributed by atoms with Gasteiger partial charge >= 0.3 is 5.97 Å². The third kappa shape index (κ3) is 4.33. The van der Waals surface area contributed by atoms with E-state index in [-0.39, 0.29) is 35.1 Å². The molecule has 10 nitrogen and oxygen atoms in total. The Morgan fingerprint density at radius 3 is 2.60 bits per heavy atom. The van der Waals surface area contributed by atoms with Crippen molar-refractivity contribution >= 4 is 28.7 Å². The zero-order chi connectivity index (χ0) is 28.4. The molecule has 0 amide bonds. The Balaban J connectivity index is 1.17. The van der Waals surface area contributed by atoms with Crippen molar-refractivity contribution < 1.29 is 24.9 Å². The van der Waals surface area contributed by atoms with Crippen molar-refractivity contribution in [2.45, 2.75) is 97.1 Å². The maximum Gasteiger partial charge on any atom is 0.303 e. The van der Waals surface area contributed by atoms with E-state index >= 15 is 0 Å². The number of nitrogens with one attached hydrogen (secondary N) is 3. The van der Waals surface area contributed by atoms with Crippen molar-refractivity contribution in [1.82, 2.24) is 0 Å². The molecule has 0 radical (unpaired) electrons. The number of nitro groups is 1. The number of nitro benzene ring substituents is 1. The Labute approximate surface area is 235 Å². The Hall–Kier alpha value is -2.59. The highest BCUT2D eigenvalue weighted by Gasteiger charge is 2.62. The fourth-order valence-corrected chi connectivity index (χ4v) is 10.3. The highest BCUT2D eigenvalue weighted by Crippen LogP contribution is 2.68. The summed E-state index contributed by atoms with van der Waals surface area (Å²) in [7, 11) is 0. The first-order chi connectivity index (χ1) is 19.0. The van der Waals surface area contributed by atoms with Crippen LogP contribution in [0.3, 0.4) is 0 Å². The van der Waals surface area contributed by atoms with Crippen LogP contribution in [0.1, 0.15) is 85.0 Å². The first-order valence-electron chi connectivity index (χ1n) is 15.2. The second-order valence-corrected chi connectivity index (χ2v) is 14.0. The number of fused-ring (bicyclic) bond motifs is 6. The molecule has 1 heterocycles. The molecule has 4 saturated carbocycles. The molecule has 40 heavy (non-hydrogen) atoms. The van der Waals surface area contributed by atoms with Crippen LogP contribution in [0, 0.1) is 56.5 Å². The fourth-order valence-electron chi connectivity index (χ4n) is 10.3. The number of aliphatic hydroxyl groups excluding tert-OH is 1. The van der Waals surface area contributed by atoms with Crippen LogP contribution in [0.15, 0.2) is 12.1 Å². The lowest BCUT2D eigenvalue weighted by Gasteiger charge is -2.62. The summed E-state index contributed by atoms with van der Waals surface area (Å²) in [4.78, 5) is 27.3. The van der Waals surface area contributed by atoms with Gasteiger partial charge in [-0.05, 0) is 110 Å². The molecule has 10 heteroatoms. The summed E-state index contributed by atoms with van der Waals surface area (Å²) >= 11 is 0. The molecule has 220 valence electrons. The minimum Gasteiger partial charge on any atom is -0.481 e. The van der Waals surface area contributed by atoms with Crippen LogP contribution in [0.5, 0.6) is 0 Å². The van der Waals surface area contributed by atoms with Gasteiger partial charge in [-0.2, -0.15) is 4.94 Å². The number of hydrogen-bond donors (Lipinski definition) is 5. The van der Waals surface area contributed by atoms with Gasteiger partial charge in [-0.25, -0.2) is 11.0 Å². The van der Waals surface area contributed by atoms with E-state index < -0.39 is 10.9 Å². The largest absolute Gasteiger partial charge is 0.481 e. The van der Waals surface area contributed by atoms with Crippen molar-refractivity contribution in [1.29, 1.82) is 0 Å². The lowest BCUT2D eigenvalue weighted by Crippen LogP contribution is -2.59. The van der Waals surface area contributed by atoms with Crippen LogP contribution in [0.4, 0.5) is 22.7 Å². The average Bonchev–Trinajstić information content (AvgIpc) is 3.53. The molecule has 4 fully saturated rings. The van der Waals surface area contributed by atoms with E-state index in [1.807, 2.05) is 0 Å². The summed E-state index contributed by atoms with van der Waals surface area (Å²) in [5, 5.41) is 36.0. The molecule has 1 aliphatic heterocycles. The SMILES string of the molecule is C[C@H](CCC(=O)O)[C@H]1CC[C@H]2[C@@H]3[C@@H](O)C[C@@H]4C[C@H](Nc5ccc([N+](=O)[O-])c6c5NON6)CC[C@]4(C)[C@H]3CC[C@]12C. The number of carbonyl (C=O) groups is 1. The molecular weight excluding hydrogens is 512 g/mol. The maximum atomic E-state index is 11.7. The summed E-state index contributed by atoms with van der Waals surface area (Å²) < 4.78 is 0. The van der Waals surface area contributed by atoms with Gasteiger partial charge in [0.05, 0.1) is 16.7 Å². The molecule has 1 aromatic rings. The molecule has 4 aliphatic carbocycles. The predicted molar refractivity (Wildman–Crippen MR) is 151 cm³/mol. The van der Waals surface area contributed by atoms with Gasteiger partial charge < -0.3 is 15.5 Å². The van der Waals surface area contributed by atoms with E-state index in [0.717, 1.165) is 57.1 Å². The number of hydrogen-bond acceptors (Lipinski definition) is 8. The monoisotopic (exact) mass is 556 g/mol. The van der Waals surface area contributed by atoms with Gasteiger partial charge in [0, 0.05) is 18.5 Å². The van der Waals surface area contributed by atoms with Crippen LogP contribution >= 0.6 is 0 Å². The van der Waals surface area contributed by atoms with E-state index in [2.05, 4.69) is 37.0 Å². The summed E-state index contributed by atoms with van der Waals surface area (Å²) in [5.74, 6) is 1.98. The van der Waals surface area contributed by atoms with E-state index in [1.54, 1.807) is 6.07 Å². The molecule has 0 unspecified atom stereocenters. The Bertz CT molecular complexity index is 1180. The van der Waals surface area contributed by atoms with Gasteiger partial charge in [-0.1, -0.05) is 20.8 Å². The number of aliphatic carboxylic acids is 1. The number of nitrogens with zero attached hydrogens (tertiary/aromatic N) is 1. The third-order valence-electron chi connectivity index (χ3n) is 12.3. The van der Waals surface area contributed by atoms with Crippen LogP contribution in [-0.4, -0.2) is 33.3 Å². The zero-order valence-electron chi connectivity index (χ0n) is 23.8. The highest BCUT2D eigenvalue weighted by atomic mass is 16.8. The first-order valence-corrected chi connectivity index (χ1v) is 15.2. The van der Waals surface area contributed by atoms with Gasteiger partial charge in [0.2, 0.25) is 0 Å². The zero-order valence-corrected chi connectivity index (χ0v) is 23.8. The molecule has 6 rings (SSSR count). The molecule has 1 aromatic carbocycles. The quantitative estimate of drug-likeness (QED) is 0.196. The van der Waals surface area contributed by atoms with Crippen LogP contribution in [-0.2, 0) is 9.73 Å². The average molecular weight is 557 g/mol. The number of carboxylic acids is 1. The van der Waals surface area contributed by atoms with Crippen molar-refractivity contribution in [3.8, 4) is 0 Å². The molecular formula is C30H44N4O6. The molecule has 0 aromatic heterocycles. The predicted octanol–water partition coefficient (Wildman–Crippen LogP) is 6.19. The highest BCUT2D eigenvalue weighted by molar-refractivity contribution is 5.89. The molecule has 0 bridgehead atoms. The van der Waals surface area contributed by atoms with Crippen LogP contribution in [0.25, 0.3) is 0 Å². The fraction of sp³-hybridized carbons (Fsp3) is 0.767. The topological polar surface area (TPSA) is 146 Å². The summed E-state index contributed by atoms with van der Waals surface area (Å²) in [6.45, 7) is 7.17. The minimum atomic E-state index is -0.707. The first kappa shape index (κ1) is 27.6. The van der Waals surface area contributed by atoms with Gasteiger partial charge in [0.1, 0.15) is 5.69 Å². The Morgan fingerprint density at radius 1 is 1.12 bits per heavy atom. The standard InChI is InChI=1S/C30H44N4O6/c1-16(4-9-25(36)37)19-5-6-20-26-21(11-13-30(19,20)3)29(2)12-10-18(14-17(29)15-24(26)35)31-22-7-8-23(34(38)39)28-27(22)32-40-33-28/h7-8,16-21,24,26,31-33,35H,4-6,9-15H2,1-3H3,(H,36,37)/t16-,17+,18-,19-,20+,21+,24+,26+,29+,30-/m1/s1. The molecule has 5 aliphatic rings. The Morgan fingerprint density at radius 2 is 1.85 bits per heavy atom. The van der Waals surface area contributed by atoms with E-state index in [9.17, 15) is 25.1 Å². The van der Waals surface area contributed by atoms with Crippen molar-refractivity contribution in [2.24, 2.45) is 46.3 Å². The van der Waals surface area contributed by atoms with Crippen LogP contribution < -0.4 is 16.3 Å². The molecule has 5 N–H and O–H groups in total. The molecule has 10 atom stereocenters. The summed E-state index contributed by atoms with van der Waals surface area (Å²) in [5.41, 5.74) is 7.40. The van der Waals surface area contributed by atoms with Gasteiger partial charge in [0.25, 0.3) is 5.69 Å². The summed E-state index contributed by atoms with van der Waals surface area (Å²) in [6.07, 6.45) is 9.19. The maximum absolute atomic E-state index is 11.7. The second kappa shape index (κ2) is 10.0. The van der Waals surface area contributed by atoms with Crippen molar-refractivity contribution in [3.63, 3.8) is 0 Å². The molecule has 0 saturated heterocycles. The lowest BCUT2D eigenvalue weighted by molar-refractivity contribution is -0.384. The van der Waals surface area contributed by atoms with E-state index in [0.29, 0.717) is 46.9 Å². The summed E-state index contributed by atoms with van der Waals surface area (Å²) in [6, 6.07) is 3.47. The number of rotatable bonds is 7. The number of benzene rings is 1. The van der Waals surface area contributed by atoms with Gasteiger partial charge in [-0.3, -0.25) is 14.9 Å². The normalized spacial score (nSPS) is 40.5. The van der Waals surface area contributed by atoms with E-state index in [1.165, 1.54) is 12.5 Å². The molecule has 0 spiro atoms. The minimum absolute atomic E-state index is 0.0297.